The van der Waals surface area contributed by atoms with E-state index in [9.17, 15) is 4.55 Å². The van der Waals surface area contributed by atoms with E-state index in [2.05, 4.69) is 9.97 Å². The standard InChI is InChI=1S/C8H9Cl3N2OS/c1-2-3-4-15(14)5-6(9)12-8(11)13-7(5)10/h2-4H2,1H3. The van der Waals surface area contributed by atoms with Crippen molar-refractivity contribution in [3.63, 3.8) is 0 Å². The molecular weight excluding hydrogens is 279 g/mol. The summed E-state index contributed by atoms with van der Waals surface area (Å²) >= 11 is 15.9. The molecule has 15 heavy (non-hydrogen) atoms. The molecule has 0 fully saturated rings. The van der Waals surface area contributed by atoms with Crippen molar-refractivity contribution in [3.8, 4) is 0 Å². The van der Waals surface area contributed by atoms with Crippen molar-refractivity contribution >= 4 is 46.0 Å². The van der Waals surface area contributed by atoms with E-state index in [0.29, 0.717) is 5.75 Å². The molecule has 0 saturated heterocycles. The Balaban J connectivity index is 2.92. The second-order valence-electron chi connectivity index (χ2n) is 2.81. The van der Waals surface area contributed by atoms with Crippen molar-refractivity contribution < 1.29 is 4.55 Å². The lowest BCUT2D eigenvalue weighted by atomic mass is 10.4. The van der Waals surface area contributed by atoms with Gasteiger partial charge in [-0.15, -0.1) is 0 Å². The van der Waals surface area contributed by atoms with E-state index in [1.807, 2.05) is 6.92 Å². The van der Waals surface area contributed by atoms with Gasteiger partial charge in [0.15, 0.2) is 10.3 Å². The monoisotopic (exact) mass is 286 g/mol. The highest BCUT2D eigenvalue weighted by Gasteiger charge is 2.22. The topological polar surface area (TPSA) is 48.8 Å². The molecule has 0 N–H and O–H groups in total. The van der Waals surface area contributed by atoms with Crippen LogP contribution in [0.3, 0.4) is 0 Å². The lowest BCUT2D eigenvalue weighted by molar-refractivity contribution is 0.591. The van der Waals surface area contributed by atoms with Crippen molar-refractivity contribution in [2.45, 2.75) is 24.7 Å². The molecule has 1 aromatic heterocycles. The quantitative estimate of drug-likeness (QED) is 0.485. The normalized spacial score (nSPS) is 12.9. The van der Waals surface area contributed by atoms with E-state index in [4.69, 9.17) is 34.8 Å². The summed E-state index contributed by atoms with van der Waals surface area (Å²) in [6.45, 7) is 2.01. The number of halogens is 3. The fraction of sp³-hybridized carbons (Fsp3) is 0.500. The van der Waals surface area contributed by atoms with Gasteiger partial charge in [-0.2, -0.15) is 0 Å². The predicted octanol–water partition coefficient (Wildman–Crippen LogP) is 3.34. The van der Waals surface area contributed by atoms with E-state index in [-0.39, 0.29) is 20.5 Å². The zero-order valence-corrected chi connectivity index (χ0v) is 11.1. The molecule has 1 heterocycles. The Morgan fingerprint density at radius 1 is 1.20 bits per heavy atom. The second-order valence-corrected chi connectivity index (χ2v) is 5.37. The third-order valence-corrected chi connectivity index (χ3v) is 4.11. The number of unbranched alkanes of at least 4 members (excludes halogenated alkanes) is 1. The van der Waals surface area contributed by atoms with Gasteiger partial charge in [-0.25, -0.2) is 9.97 Å². The molecule has 0 aliphatic heterocycles. The van der Waals surface area contributed by atoms with Crippen LogP contribution in [0.1, 0.15) is 19.8 Å². The molecule has 0 spiro atoms. The van der Waals surface area contributed by atoms with Gasteiger partial charge in [0.05, 0.1) is 0 Å². The highest BCUT2D eigenvalue weighted by Crippen LogP contribution is 2.28. The van der Waals surface area contributed by atoms with Crippen molar-refractivity contribution in [2.24, 2.45) is 0 Å². The number of rotatable bonds is 4. The molecule has 7 heteroatoms. The summed E-state index contributed by atoms with van der Waals surface area (Å²) in [5, 5.41) is 0.0881. The first-order valence-corrected chi connectivity index (χ1v) is 6.78. The summed E-state index contributed by atoms with van der Waals surface area (Å²) in [5.74, 6) is 0.501. The van der Waals surface area contributed by atoms with Gasteiger partial charge in [0.1, 0.15) is 5.75 Å². The summed E-state index contributed by atoms with van der Waals surface area (Å²) in [6.07, 6.45) is 1.79. The van der Waals surface area contributed by atoms with Gasteiger partial charge in [-0.3, -0.25) is 0 Å². The Bertz CT molecular complexity index is 328. The number of hydrogen-bond donors (Lipinski definition) is 0. The first kappa shape index (κ1) is 13.3. The minimum Gasteiger partial charge on any atom is -0.611 e. The maximum Gasteiger partial charge on any atom is 0.227 e. The van der Waals surface area contributed by atoms with Crippen LogP contribution in [0.15, 0.2) is 4.90 Å². The van der Waals surface area contributed by atoms with Crippen LogP contribution >= 0.6 is 34.8 Å². The van der Waals surface area contributed by atoms with Gasteiger partial charge in [0.2, 0.25) is 10.2 Å². The molecule has 0 saturated carbocycles. The maximum absolute atomic E-state index is 11.8. The molecule has 3 nitrogen and oxygen atoms in total. The zero-order chi connectivity index (χ0) is 11.4. The SMILES string of the molecule is CCCC[S+]([O-])c1c(Cl)nc(Cl)nc1Cl. The van der Waals surface area contributed by atoms with Crippen LogP contribution in [0, 0.1) is 0 Å². The van der Waals surface area contributed by atoms with Crippen LogP contribution in [0.25, 0.3) is 0 Å². The van der Waals surface area contributed by atoms with Gasteiger partial charge in [0, 0.05) is 0 Å². The van der Waals surface area contributed by atoms with Crippen molar-refractivity contribution in [3.05, 3.63) is 15.6 Å². The Labute approximate surface area is 106 Å². The van der Waals surface area contributed by atoms with Crippen LogP contribution in [0.4, 0.5) is 0 Å². The largest absolute Gasteiger partial charge is 0.611 e. The molecule has 1 unspecified atom stereocenters. The van der Waals surface area contributed by atoms with Gasteiger partial charge < -0.3 is 4.55 Å². The number of nitrogens with zero attached hydrogens (tertiary/aromatic N) is 2. The van der Waals surface area contributed by atoms with Crippen molar-refractivity contribution in [1.82, 2.24) is 9.97 Å². The predicted molar refractivity (Wildman–Crippen MR) is 63.2 cm³/mol. The fourth-order valence-corrected chi connectivity index (χ4v) is 3.32. The Morgan fingerprint density at radius 3 is 2.20 bits per heavy atom. The van der Waals surface area contributed by atoms with Gasteiger partial charge >= 0.3 is 0 Å². The van der Waals surface area contributed by atoms with E-state index in [0.717, 1.165) is 12.8 Å². The Hall–Kier alpha value is 0.260. The van der Waals surface area contributed by atoms with Crippen molar-refractivity contribution in [2.75, 3.05) is 5.75 Å². The van der Waals surface area contributed by atoms with Crippen LogP contribution in [-0.4, -0.2) is 20.3 Å². The van der Waals surface area contributed by atoms with Gasteiger partial charge in [-0.1, -0.05) is 36.5 Å². The van der Waals surface area contributed by atoms with Gasteiger partial charge in [-0.05, 0) is 29.2 Å². The number of hydrogen-bond acceptors (Lipinski definition) is 3. The molecular formula is C8H9Cl3N2OS. The zero-order valence-electron chi connectivity index (χ0n) is 7.97. The van der Waals surface area contributed by atoms with Crippen LogP contribution in [0.2, 0.25) is 15.6 Å². The van der Waals surface area contributed by atoms with Gasteiger partial charge in [0.25, 0.3) is 0 Å². The molecule has 0 radical (unpaired) electrons. The lowest BCUT2D eigenvalue weighted by Gasteiger charge is -2.11. The first-order valence-electron chi connectivity index (χ1n) is 4.33. The van der Waals surface area contributed by atoms with E-state index in [1.165, 1.54) is 0 Å². The maximum atomic E-state index is 11.8. The molecule has 1 aromatic rings. The molecule has 1 atom stereocenters. The second kappa shape index (κ2) is 6.11. The summed E-state index contributed by atoms with van der Waals surface area (Å²) in [5.41, 5.74) is 0. The lowest BCUT2D eigenvalue weighted by Crippen LogP contribution is -2.10. The molecule has 0 aliphatic carbocycles. The molecule has 0 aliphatic rings. The summed E-state index contributed by atoms with van der Waals surface area (Å²) < 4.78 is 11.8. The van der Waals surface area contributed by atoms with E-state index in [1.54, 1.807) is 0 Å². The average molecular weight is 288 g/mol. The molecule has 0 amide bonds. The minimum atomic E-state index is -1.26. The van der Waals surface area contributed by atoms with Crippen LogP contribution < -0.4 is 0 Å². The van der Waals surface area contributed by atoms with E-state index < -0.39 is 11.2 Å². The molecule has 1 rings (SSSR count). The molecule has 0 bridgehead atoms. The summed E-state index contributed by atoms with van der Waals surface area (Å²) in [4.78, 5) is 7.69. The Kier molecular flexibility index (Phi) is 5.43. The third kappa shape index (κ3) is 3.64. The highest BCUT2D eigenvalue weighted by molar-refractivity contribution is 7.91. The molecule has 0 aromatic carbocycles. The highest BCUT2D eigenvalue weighted by atomic mass is 35.5. The average Bonchev–Trinajstić information content (AvgIpc) is 2.12. The molecule has 84 valence electrons. The minimum absolute atomic E-state index is 0.0405. The Morgan fingerprint density at radius 2 is 1.73 bits per heavy atom. The summed E-state index contributed by atoms with van der Waals surface area (Å²) in [6, 6.07) is 0. The number of aromatic nitrogens is 2. The summed E-state index contributed by atoms with van der Waals surface area (Å²) in [7, 11) is 0. The smallest absolute Gasteiger partial charge is 0.227 e. The van der Waals surface area contributed by atoms with E-state index >= 15 is 0 Å². The third-order valence-electron chi connectivity index (χ3n) is 1.67. The first-order chi connectivity index (χ1) is 7.06. The fourth-order valence-electron chi connectivity index (χ4n) is 0.939. The van der Waals surface area contributed by atoms with Crippen LogP contribution in [-0.2, 0) is 11.2 Å². The van der Waals surface area contributed by atoms with Crippen LogP contribution in [0.5, 0.6) is 0 Å². The van der Waals surface area contributed by atoms with Crippen molar-refractivity contribution in [1.29, 1.82) is 0 Å².